The summed E-state index contributed by atoms with van der Waals surface area (Å²) in [6, 6.07) is 17.9. The molecule has 0 atom stereocenters. The second-order valence-corrected chi connectivity index (χ2v) is 6.74. The van der Waals surface area contributed by atoms with Crippen LogP contribution in [-0.4, -0.2) is 29.7 Å². The molecule has 0 amide bonds. The lowest BCUT2D eigenvalue weighted by Gasteiger charge is -2.07. The van der Waals surface area contributed by atoms with E-state index >= 15 is 0 Å². The standard InChI is InChI=1S/C23H23N2O4.BrH/c1-3-28-21(26)14-24-19-12-8-6-10-17(19)23-20(24)13-16-9-5-7-11-18(16)25(23)15-22(27)29-4-2;/h5-13H,3-4,14-15H2,1-2H3;1H/q+1;/p-1. The van der Waals surface area contributed by atoms with Gasteiger partial charge in [0.15, 0.2) is 0 Å². The van der Waals surface area contributed by atoms with Gasteiger partial charge in [-0.3, -0.25) is 4.79 Å². The van der Waals surface area contributed by atoms with Crippen molar-refractivity contribution in [2.24, 2.45) is 0 Å². The molecular weight excluding hydrogens is 448 g/mol. The van der Waals surface area contributed by atoms with Crippen LogP contribution in [0.4, 0.5) is 0 Å². The Morgan fingerprint density at radius 2 is 1.57 bits per heavy atom. The van der Waals surface area contributed by atoms with Gasteiger partial charge in [-0.2, -0.15) is 4.57 Å². The smallest absolute Gasteiger partial charge is 0.372 e. The topological polar surface area (TPSA) is 61.4 Å². The van der Waals surface area contributed by atoms with Gasteiger partial charge in [0.2, 0.25) is 17.6 Å². The van der Waals surface area contributed by atoms with E-state index in [-0.39, 0.29) is 42.0 Å². The molecule has 4 aromatic rings. The maximum Gasteiger partial charge on any atom is 0.372 e. The van der Waals surface area contributed by atoms with Crippen molar-refractivity contribution >= 4 is 44.8 Å². The van der Waals surface area contributed by atoms with Crippen LogP contribution in [0.15, 0.2) is 54.6 Å². The molecule has 0 spiro atoms. The zero-order chi connectivity index (χ0) is 20.4. The summed E-state index contributed by atoms with van der Waals surface area (Å²) in [6.07, 6.45) is 0. The van der Waals surface area contributed by atoms with Crippen molar-refractivity contribution in [1.29, 1.82) is 0 Å². The van der Waals surface area contributed by atoms with Crippen molar-refractivity contribution in [3.8, 4) is 0 Å². The number of pyridine rings is 1. The van der Waals surface area contributed by atoms with E-state index < -0.39 is 0 Å². The van der Waals surface area contributed by atoms with Crippen molar-refractivity contribution in [3.63, 3.8) is 0 Å². The minimum Gasteiger partial charge on any atom is -1.00 e. The molecule has 30 heavy (non-hydrogen) atoms. The summed E-state index contributed by atoms with van der Waals surface area (Å²) in [5.74, 6) is -0.586. The third kappa shape index (κ3) is 3.89. The van der Waals surface area contributed by atoms with Gasteiger partial charge in [0.05, 0.1) is 24.1 Å². The first-order valence-electron chi connectivity index (χ1n) is 9.77. The SMILES string of the molecule is CCOC(=O)Cn1c2ccccc2c2c1cc1ccccc1[n+]2CC(=O)OCC.[Br-]. The zero-order valence-electron chi connectivity index (χ0n) is 16.9. The number of carbonyl (C=O) groups is 2. The van der Waals surface area contributed by atoms with Gasteiger partial charge < -0.3 is 31.0 Å². The van der Waals surface area contributed by atoms with Gasteiger partial charge in [-0.25, -0.2) is 4.79 Å². The Labute approximate surface area is 184 Å². The number of halogens is 1. The quantitative estimate of drug-likeness (QED) is 0.301. The van der Waals surface area contributed by atoms with E-state index in [1.54, 1.807) is 13.8 Å². The van der Waals surface area contributed by atoms with E-state index in [2.05, 4.69) is 6.07 Å². The number of esters is 2. The Morgan fingerprint density at radius 3 is 2.33 bits per heavy atom. The van der Waals surface area contributed by atoms with Crippen LogP contribution in [0.1, 0.15) is 13.8 Å². The van der Waals surface area contributed by atoms with Crippen LogP contribution in [0.3, 0.4) is 0 Å². The Balaban J connectivity index is 0.00000256. The predicted molar refractivity (Wildman–Crippen MR) is 110 cm³/mol. The molecule has 0 aliphatic heterocycles. The van der Waals surface area contributed by atoms with E-state index in [1.807, 2.05) is 57.7 Å². The first kappa shape index (κ1) is 21.8. The third-order valence-corrected chi connectivity index (χ3v) is 4.96. The Bertz CT molecular complexity index is 1230. The third-order valence-electron chi connectivity index (χ3n) is 4.96. The summed E-state index contributed by atoms with van der Waals surface area (Å²) in [5, 5.41) is 1.96. The summed E-state index contributed by atoms with van der Waals surface area (Å²) in [5.41, 5.74) is 3.63. The second kappa shape index (κ2) is 9.26. The number of ether oxygens (including phenoxy) is 2. The average Bonchev–Trinajstić information content (AvgIpc) is 3.02. The molecule has 0 unspecified atom stereocenters. The lowest BCUT2D eigenvalue weighted by atomic mass is 10.1. The highest BCUT2D eigenvalue weighted by Crippen LogP contribution is 2.29. The highest BCUT2D eigenvalue weighted by molar-refractivity contribution is 6.07. The number of nitrogens with zero attached hydrogens (tertiary/aromatic N) is 2. The van der Waals surface area contributed by atoms with Gasteiger partial charge in [0.25, 0.3) is 0 Å². The van der Waals surface area contributed by atoms with Gasteiger partial charge in [-0.1, -0.05) is 24.3 Å². The minimum atomic E-state index is -0.294. The van der Waals surface area contributed by atoms with Crippen molar-refractivity contribution in [2.75, 3.05) is 13.2 Å². The lowest BCUT2D eigenvalue weighted by Crippen LogP contribution is -3.00. The number of fused-ring (bicyclic) bond motifs is 4. The molecular formula is C23H23BrN2O4. The minimum absolute atomic E-state index is 0. The number of hydrogen-bond acceptors (Lipinski definition) is 4. The van der Waals surface area contributed by atoms with Crippen LogP contribution in [0.25, 0.3) is 32.8 Å². The summed E-state index contributed by atoms with van der Waals surface area (Å²) in [6.45, 7) is 4.46. The monoisotopic (exact) mass is 470 g/mol. The number of para-hydroxylation sites is 2. The Morgan fingerprint density at radius 1 is 0.900 bits per heavy atom. The largest absolute Gasteiger partial charge is 1.00 e. The van der Waals surface area contributed by atoms with Gasteiger partial charge in [-0.05, 0) is 38.1 Å². The van der Waals surface area contributed by atoms with Crippen molar-refractivity contribution in [2.45, 2.75) is 26.9 Å². The molecule has 0 aliphatic carbocycles. The molecule has 4 rings (SSSR count). The fourth-order valence-corrected chi connectivity index (χ4v) is 3.86. The van der Waals surface area contributed by atoms with E-state index in [9.17, 15) is 9.59 Å². The van der Waals surface area contributed by atoms with Crippen LogP contribution in [0.2, 0.25) is 0 Å². The first-order valence-corrected chi connectivity index (χ1v) is 9.77. The molecule has 0 N–H and O–H groups in total. The normalized spacial score (nSPS) is 10.9. The van der Waals surface area contributed by atoms with Gasteiger partial charge >= 0.3 is 11.9 Å². The number of carbonyl (C=O) groups excluding carboxylic acids is 2. The highest BCUT2D eigenvalue weighted by Gasteiger charge is 2.26. The molecule has 0 bridgehead atoms. The Kier molecular flexibility index (Phi) is 6.72. The average molecular weight is 471 g/mol. The van der Waals surface area contributed by atoms with Gasteiger partial charge in [-0.15, -0.1) is 0 Å². The van der Waals surface area contributed by atoms with E-state index in [4.69, 9.17) is 9.47 Å². The number of aromatic nitrogens is 2. The molecule has 2 aromatic heterocycles. The van der Waals surface area contributed by atoms with Crippen LogP contribution in [0.5, 0.6) is 0 Å². The van der Waals surface area contributed by atoms with Crippen LogP contribution in [-0.2, 0) is 32.2 Å². The molecule has 156 valence electrons. The molecule has 0 fully saturated rings. The molecule has 6 nitrogen and oxygen atoms in total. The fraction of sp³-hybridized carbons (Fsp3) is 0.261. The number of hydrogen-bond donors (Lipinski definition) is 0. The van der Waals surface area contributed by atoms with E-state index in [1.165, 1.54) is 0 Å². The molecule has 2 heterocycles. The molecule has 7 heteroatoms. The summed E-state index contributed by atoms with van der Waals surface area (Å²) < 4.78 is 14.3. The van der Waals surface area contributed by atoms with Gasteiger partial charge in [0.1, 0.15) is 12.1 Å². The molecule has 0 aliphatic rings. The zero-order valence-corrected chi connectivity index (χ0v) is 18.5. The van der Waals surface area contributed by atoms with Crippen LogP contribution >= 0.6 is 0 Å². The summed E-state index contributed by atoms with van der Waals surface area (Å²) in [7, 11) is 0. The van der Waals surface area contributed by atoms with Gasteiger partial charge in [0, 0.05) is 11.5 Å². The maximum atomic E-state index is 12.4. The summed E-state index contributed by atoms with van der Waals surface area (Å²) in [4.78, 5) is 24.7. The summed E-state index contributed by atoms with van der Waals surface area (Å²) >= 11 is 0. The number of rotatable bonds is 6. The maximum absolute atomic E-state index is 12.4. The first-order chi connectivity index (χ1) is 14.1. The van der Waals surface area contributed by atoms with Crippen LogP contribution in [0, 0.1) is 0 Å². The molecule has 0 saturated heterocycles. The second-order valence-electron chi connectivity index (χ2n) is 6.74. The highest BCUT2D eigenvalue weighted by atomic mass is 79.9. The van der Waals surface area contributed by atoms with E-state index in [0.717, 1.165) is 32.8 Å². The number of benzene rings is 2. The molecule has 0 saturated carbocycles. The van der Waals surface area contributed by atoms with Crippen molar-refractivity contribution in [1.82, 2.24) is 4.57 Å². The molecule has 2 aromatic carbocycles. The van der Waals surface area contributed by atoms with Crippen molar-refractivity contribution < 1.29 is 40.6 Å². The lowest BCUT2D eigenvalue weighted by molar-refractivity contribution is -0.633. The molecule has 0 radical (unpaired) electrons. The fourth-order valence-electron chi connectivity index (χ4n) is 3.86. The van der Waals surface area contributed by atoms with E-state index in [0.29, 0.717) is 13.2 Å². The van der Waals surface area contributed by atoms with Crippen molar-refractivity contribution in [3.05, 3.63) is 54.6 Å². The van der Waals surface area contributed by atoms with Crippen LogP contribution < -0.4 is 21.5 Å². The Hall–Kier alpha value is -2.93. The predicted octanol–water partition coefficient (Wildman–Crippen LogP) is 0.365.